The van der Waals surface area contributed by atoms with Gasteiger partial charge in [-0.05, 0) is 26.2 Å². The molecule has 1 heterocycles. The molecule has 1 aliphatic rings. The highest BCUT2D eigenvalue weighted by atomic mass is 31.0. The first-order valence-electron chi connectivity index (χ1n) is 4.21. The molecule has 0 amide bonds. The van der Waals surface area contributed by atoms with Gasteiger partial charge in [-0.1, -0.05) is 22.7 Å². The molecule has 2 unspecified atom stereocenters. The molecule has 1 nitrogen and oxygen atoms in total. The van der Waals surface area contributed by atoms with E-state index < -0.39 is 0 Å². The molecule has 60 valence electrons. The molecule has 2 atom stereocenters. The van der Waals surface area contributed by atoms with Gasteiger partial charge in [-0.3, -0.25) is 4.67 Å². The molecule has 1 rings (SSSR count). The van der Waals surface area contributed by atoms with Crippen LogP contribution < -0.4 is 0 Å². The Hall–Kier alpha value is 0.390. The monoisotopic (exact) mass is 159 g/mol. The normalized spacial score (nSPS) is 36.3. The number of rotatable bonds is 1. The van der Waals surface area contributed by atoms with Gasteiger partial charge in [-0.2, -0.15) is 0 Å². The van der Waals surface area contributed by atoms with Crippen molar-refractivity contribution >= 4 is 9.39 Å². The Balaban J connectivity index is 2.54. The Labute approximate surface area is 66.4 Å². The zero-order chi connectivity index (χ0) is 7.61. The summed E-state index contributed by atoms with van der Waals surface area (Å²) >= 11 is 0. The number of piperidine rings is 1. The number of hydrogen-bond donors (Lipinski definition) is 0. The molecule has 0 aromatic carbocycles. The summed E-state index contributed by atoms with van der Waals surface area (Å²) in [5, 5.41) is 0. The van der Waals surface area contributed by atoms with Crippen molar-refractivity contribution in [1.82, 2.24) is 4.67 Å². The zero-order valence-electron chi connectivity index (χ0n) is 7.06. The summed E-state index contributed by atoms with van der Waals surface area (Å²) in [6.07, 6.45) is 5.43. The Bertz CT molecular complexity index is 116. The molecular formula is C8H18NP. The fourth-order valence-electron chi connectivity index (χ4n) is 1.58. The van der Waals surface area contributed by atoms with Crippen LogP contribution in [0.3, 0.4) is 0 Å². The lowest BCUT2D eigenvalue weighted by atomic mass is 9.89. The summed E-state index contributed by atoms with van der Waals surface area (Å²) in [5.74, 6) is 0. The van der Waals surface area contributed by atoms with Crippen molar-refractivity contribution in [2.75, 3.05) is 6.54 Å². The fraction of sp³-hybridized carbons (Fsp3) is 1.00. The molecule has 0 spiro atoms. The van der Waals surface area contributed by atoms with Gasteiger partial charge in [0, 0.05) is 12.1 Å². The van der Waals surface area contributed by atoms with E-state index >= 15 is 0 Å². The third kappa shape index (κ3) is 1.52. The third-order valence-electron chi connectivity index (χ3n) is 2.82. The van der Waals surface area contributed by atoms with Crippen molar-refractivity contribution in [2.24, 2.45) is 0 Å². The van der Waals surface area contributed by atoms with Gasteiger partial charge in [-0.15, -0.1) is 0 Å². The minimum absolute atomic E-state index is 0.475. The van der Waals surface area contributed by atoms with E-state index in [4.69, 9.17) is 0 Å². The van der Waals surface area contributed by atoms with Gasteiger partial charge in [0.1, 0.15) is 0 Å². The first-order valence-corrected chi connectivity index (χ1v) is 4.73. The van der Waals surface area contributed by atoms with Crippen LogP contribution in [0, 0.1) is 0 Å². The van der Waals surface area contributed by atoms with E-state index in [9.17, 15) is 0 Å². The molecule has 0 aromatic heterocycles. The molecule has 0 saturated carbocycles. The Kier molecular flexibility index (Phi) is 2.71. The summed E-state index contributed by atoms with van der Waals surface area (Å²) in [6.45, 7) is 5.90. The van der Waals surface area contributed by atoms with Crippen molar-refractivity contribution in [3.05, 3.63) is 0 Å². The molecular weight excluding hydrogens is 141 g/mol. The van der Waals surface area contributed by atoms with Crippen molar-refractivity contribution in [1.29, 1.82) is 0 Å². The molecule has 0 aliphatic carbocycles. The van der Waals surface area contributed by atoms with Crippen LogP contribution in [0.25, 0.3) is 0 Å². The van der Waals surface area contributed by atoms with E-state index in [1.54, 1.807) is 0 Å². The first-order chi connectivity index (χ1) is 4.69. The molecule has 0 N–H and O–H groups in total. The number of nitrogens with zero attached hydrogens (tertiary/aromatic N) is 1. The maximum atomic E-state index is 2.85. The minimum Gasteiger partial charge on any atom is -0.282 e. The third-order valence-corrected chi connectivity index (χ3v) is 3.70. The van der Waals surface area contributed by atoms with Crippen LogP contribution in [0.2, 0.25) is 0 Å². The highest BCUT2D eigenvalue weighted by molar-refractivity contribution is 7.13. The largest absolute Gasteiger partial charge is 0.282 e. The van der Waals surface area contributed by atoms with Crippen molar-refractivity contribution in [3.8, 4) is 0 Å². The van der Waals surface area contributed by atoms with E-state index in [0.717, 1.165) is 0 Å². The molecule has 0 radical (unpaired) electrons. The lowest BCUT2D eigenvalue weighted by molar-refractivity contribution is 0.158. The zero-order valence-corrected chi connectivity index (χ0v) is 8.21. The highest BCUT2D eigenvalue weighted by Crippen LogP contribution is 2.32. The highest BCUT2D eigenvalue weighted by Gasteiger charge is 2.29. The molecule has 1 aliphatic heterocycles. The van der Waals surface area contributed by atoms with Gasteiger partial charge in [0.15, 0.2) is 0 Å². The molecule has 10 heavy (non-hydrogen) atoms. The molecule has 0 bridgehead atoms. The Morgan fingerprint density at radius 2 is 2.20 bits per heavy atom. The average Bonchev–Trinajstić information content (AvgIpc) is 1.96. The van der Waals surface area contributed by atoms with Crippen molar-refractivity contribution < 1.29 is 0 Å². The number of hydrogen-bond acceptors (Lipinski definition) is 1. The lowest BCUT2D eigenvalue weighted by Crippen LogP contribution is -2.42. The smallest absolute Gasteiger partial charge is 0.0210 e. The van der Waals surface area contributed by atoms with Crippen LogP contribution >= 0.6 is 9.39 Å². The molecule has 2 heteroatoms. The van der Waals surface area contributed by atoms with Crippen LogP contribution in [0.1, 0.15) is 39.5 Å². The van der Waals surface area contributed by atoms with Crippen LogP contribution in [0.4, 0.5) is 0 Å². The fourth-order valence-corrected chi connectivity index (χ4v) is 2.08. The average molecular weight is 159 g/mol. The maximum Gasteiger partial charge on any atom is 0.0210 e. The van der Waals surface area contributed by atoms with Gasteiger partial charge in [0.05, 0.1) is 0 Å². The topological polar surface area (TPSA) is 3.24 Å². The van der Waals surface area contributed by atoms with Crippen LogP contribution in [0.15, 0.2) is 0 Å². The van der Waals surface area contributed by atoms with Gasteiger partial charge in [0.2, 0.25) is 0 Å². The summed E-state index contributed by atoms with van der Waals surface area (Å²) in [4.78, 5) is 0. The van der Waals surface area contributed by atoms with Gasteiger partial charge >= 0.3 is 0 Å². The minimum atomic E-state index is 0.475. The van der Waals surface area contributed by atoms with Crippen molar-refractivity contribution in [3.63, 3.8) is 0 Å². The Morgan fingerprint density at radius 3 is 2.60 bits per heavy atom. The summed E-state index contributed by atoms with van der Waals surface area (Å²) in [5.41, 5.74) is 0.475. The predicted molar refractivity (Wildman–Crippen MR) is 49.0 cm³/mol. The quantitative estimate of drug-likeness (QED) is 0.531. The SMILES string of the molecule is CCC1(C)CCCCN1P. The summed E-state index contributed by atoms with van der Waals surface area (Å²) < 4.78 is 2.43. The van der Waals surface area contributed by atoms with E-state index in [0.29, 0.717) is 5.54 Å². The summed E-state index contributed by atoms with van der Waals surface area (Å²) in [7, 11) is 2.85. The molecule has 0 aromatic rings. The van der Waals surface area contributed by atoms with Gasteiger partial charge in [-0.25, -0.2) is 0 Å². The van der Waals surface area contributed by atoms with E-state index in [1.165, 1.54) is 32.2 Å². The van der Waals surface area contributed by atoms with Gasteiger partial charge in [0.25, 0.3) is 0 Å². The standard InChI is InChI=1S/C8H18NP/c1-3-8(2)6-4-5-7-9(8)10/h3-7,10H2,1-2H3. The lowest BCUT2D eigenvalue weighted by Gasteiger charge is -2.41. The van der Waals surface area contributed by atoms with E-state index in [-0.39, 0.29) is 0 Å². The second-order valence-electron chi connectivity index (χ2n) is 3.50. The van der Waals surface area contributed by atoms with Crippen LogP contribution in [-0.2, 0) is 0 Å². The second-order valence-corrected chi connectivity index (χ2v) is 4.12. The molecule has 1 fully saturated rings. The van der Waals surface area contributed by atoms with Crippen molar-refractivity contribution in [2.45, 2.75) is 45.1 Å². The second kappa shape index (κ2) is 3.19. The van der Waals surface area contributed by atoms with Crippen LogP contribution in [0.5, 0.6) is 0 Å². The first kappa shape index (κ1) is 8.49. The van der Waals surface area contributed by atoms with Crippen LogP contribution in [-0.4, -0.2) is 16.8 Å². The molecule has 1 saturated heterocycles. The maximum absolute atomic E-state index is 2.85. The Morgan fingerprint density at radius 1 is 1.50 bits per heavy atom. The van der Waals surface area contributed by atoms with Gasteiger partial charge < -0.3 is 0 Å². The summed E-state index contributed by atoms with van der Waals surface area (Å²) in [6, 6.07) is 0. The van der Waals surface area contributed by atoms with E-state index in [2.05, 4.69) is 27.9 Å². The van der Waals surface area contributed by atoms with E-state index in [1.807, 2.05) is 0 Å². The predicted octanol–water partition coefficient (Wildman–Crippen LogP) is 2.43.